The third-order valence-electron chi connectivity index (χ3n) is 4.84. The van der Waals surface area contributed by atoms with Crippen molar-refractivity contribution in [2.24, 2.45) is 0 Å². The van der Waals surface area contributed by atoms with Crippen molar-refractivity contribution in [2.75, 3.05) is 26.9 Å². The first-order valence-corrected chi connectivity index (χ1v) is 10.5. The molecule has 0 spiro atoms. The van der Waals surface area contributed by atoms with Crippen LogP contribution in [-0.2, 0) is 25.9 Å². The van der Waals surface area contributed by atoms with Gasteiger partial charge in [0.05, 0.1) is 30.3 Å². The normalized spacial score (nSPS) is 20.5. The Kier molecular flexibility index (Phi) is 6.77. The third kappa shape index (κ3) is 4.57. The first-order valence-electron chi connectivity index (χ1n) is 9.05. The first-order chi connectivity index (χ1) is 13.4. The second kappa shape index (κ2) is 9.09. The minimum absolute atomic E-state index is 0.247. The van der Waals surface area contributed by atoms with Gasteiger partial charge in [-0.15, -0.1) is 0 Å². The summed E-state index contributed by atoms with van der Waals surface area (Å²) in [5.41, 5.74) is 0.972. The quantitative estimate of drug-likeness (QED) is 0.627. The van der Waals surface area contributed by atoms with Crippen molar-refractivity contribution in [1.82, 2.24) is 4.31 Å². The van der Waals surface area contributed by atoms with Crippen molar-refractivity contribution in [3.8, 4) is 0 Å². The molecule has 152 valence electrons. The van der Waals surface area contributed by atoms with Crippen LogP contribution in [0.15, 0.2) is 53.4 Å². The van der Waals surface area contributed by atoms with Gasteiger partial charge < -0.3 is 9.47 Å². The maximum absolute atomic E-state index is 13.6. The van der Waals surface area contributed by atoms with E-state index in [9.17, 15) is 17.2 Å². The Morgan fingerprint density at radius 2 is 1.82 bits per heavy atom. The summed E-state index contributed by atoms with van der Waals surface area (Å²) < 4.78 is 65.3. The van der Waals surface area contributed by atoms with Crippen molar-refractivity contribution >= 4 is 10.0 Å². The van der Waals surface area contributed by atoms with Crippen LogP contribution in [0.4, 0.5) is 8.78 Å². The Hall–Kier alpha value is -1.87. The number of methoxy groups -OCH3 is 1. The summed E-state index contributed by atoms with van der Waals surface area (Å²) in [4.78, 5) is -0.262. The van der Waals surface area contributed by atoms with Gasteiger partial charge in [-0.2, -0.15) is 4.31 Å². The predicted molar refractivity (Wildman–Crippen MR) is 100 cm³/mol. The van der Waals surface area contributed by atoms with E-state index in [2.05, 4.69) is 0 Å². The van der Waals surface area contributed by atoms with E-state index < -0.39 is 27.7 Å². The SMILES string of the molecule is COCCO[C@@H]1CCN(S(=O)(=O)c2ccc(F)c(F)c2)[C@H]1Cc1ccccc1. The summed E-state index contributed by atoms with van der Waals surface area (Å²) in [7, 11) is -2.43. The minimum Gasteiger partial charge on any atom is -0.382 e. The van der Waals surface area contributed by atoms with E-state index in [0.717, 1.165) is 23.8 Å². The molecule has 5 nitrogen and oxygen atoms in total. The molecule has 1 saturated heterocycles. The van der Waals surface area contributed by atoms with Crippen molar-refractivity contribution < 1.29 is 26.7 Å². The monoisotopic (exact) mass is 411 g/mol. The lowest BCUT2D eigenvalue weighted by Gasteiger charge is -2.28. The molecule has 1 aliphatic rings. The van der Waals surface area contributed by atoms with Crippen molar-refractivity contribution in [3.63, 3.8) is 0 Å². The molecular formula is C20H23F2NO4S. The van der Waals surface area contributed by atoms with Crippen molar-refractivity contribution in [1.29, 1.82) is 0 Å². The second-order valence-corrected chi connectivity index (χ2v) is 8.53. The van der Waals surface area contributed by atoms with Gasteiger partial charge in [0.2, 0.25) is 10.0 Å². The number of hydrogen-bond acceptors (Lipinski definition) is 4. The second-order valence-electron chi connectivity index (χ2n) is 6.64. The fourth-order valence-electron chi connectivity index (χ4n) is 3.44. The zero-order valence-electron chi connectivity index (χ0n) is 15.6. The van der Waals surface area contributed by atoms with Gasteiger partial charge in [-0.3, -0.25) is 0 Å². The smallest absolute Gasteiger partial charge is 0.243 e. The first kappa shape index (κ1) is 20.9. The van der Waals surface area contributed by atoms with Gasteiger partial charge in [-0.05, 0) is 36.6 Å². The van der Waals surface area contributed by atoms with E-state index in [-0.39, 0.29) is 17.5 Å². The number of nitrogens with zero attached hydrogens (tertiary/aromatic N) is 1. The molecule has 8 heteroatoms. The summed E-state index contributed by atoms with van der Waals surface area (Å²) in [5.74, 6) is -2.27. The number of rotatable bonds is 8. The molecule has 0 bridgehead atoms. The fourth-order valence-corrected chi connectivity index (χ4v) is 5.11. The Balaban J connectivity index is 1.89. The number of hydrogen-bond donors (Lipinski definition) is 0. The number of benzene rings is 2. The Bertz CT molecular complexity index is 892. The Labute approximate surface area is 163 Å². The molecular weight excluding hydrogens is 388 g/mol. The largest absolute Gasteiger partial charge is 0.382 e. The third-order valence-corrected chi connectivity index (χ3v) is 6.76. The van der Waals surface area contributed by atoms with Crippen LogP contribution in [0.5, 0.6) is 0 Å². The molecule has 0 unspecified atom stereocenters. The van der Waals surface area contributed by atoms with Gasteiger partial charge in [0.1, 0.15) is 0 Å². The fraction of sp³-hybridized carbons (Fsp3) is 0.400. The highest BCUT2D eigenvalue weighted by Crippen LogP contribution is 2.31. The summed E-state index contributed by atoms with van der Waals surface area (Å²) in [6, 6.07) is 11.7. The summed E-state index contributed by atoms with van der Waals surface area (Å²) in [6.45, 7) is 1.01. The van der Waals surface area contributed by atoms with Gasteiger partial charge in [-0.1, -0.05) is 30.3 Å². The summed E-state index contributed by atoms with van der Waals surface area (Å²) in [6.07, 6.45) is 0.668. The van der Waals surface area contributed by atoms with Crippen LogP contribution in [0.25, 0.3) is 0 Å². The molecule has 0 N–H and O–H groups in total. The van der Waals surface area contributed by atoms with Gasteiger partial charge in [0.25, 0.3) is 0 Å². The van der Waals surface area contributed by atoms with E-state index >= 15 is 0 Å². The molecule has 0 aromatic heterocycles. The van der Waals surface area contributed by atoms with Crippen LogP contribution >= 0.6 is 0 Å². The average molecular weight is 411 g/mol. The molecule has 0 radical (unpaired) electrons. The lowest BCUT2D eigenvalue weighted by atomic mass is 10.0. The number of ether oxygens (including phenoxy) is 2. The number of halogens is 2. The van der Waals surface area contributed by atoms with Gasteiger partial charge in [-0.25, -0.2) is 17.2 Å². The molecule has 2 aromatic carbocycles. The van der Waals surface area contributed by atoms with Crippen LogP contribution in [0.3, 0.4) is 0 Å². The van der Waals surface area contributed by atoms with E-state index in [4.69, 9.17) is 9.47 Å². The standard InChI is InChI=1S/C20H23F2NO4S/c1-26-11-12-27-20-9-10-23(19(20)13-15-5-3-2-4-6-15)28(24,25)16-7-8-17(21)18(22)14-16/h2-8,14,19-20H,9-13H2,1H3/t19-,20+/m0/s1. The van der Waals surface area contributed by atoms with Gasteiger partial charge in [0.15, 0.2) is 11.6 Å². The maximum atomic E-state index is 13.6. The van der Waals surface area contributed by atoms with Crippen LogP contribution in [0.2, 0.25) is 0 Å². The molecule has 28 heavy (non-hydrogen) atoms. The van der Waals surface area contributed by atoms with Crippen molar-refractivity contribution in [3.05, 3.63) is 65.7 Å². The highest BCUT2D eigenvalue weighted by Gasteiger charge is 2.42. The Morgan fingerprint density at radius 3 is 2.50 bits per heavy atom. The lowest BCUT2D eigenvalue weighted by Crippen LogP contribution is -2.42. The topological polar surface area (TPSA) is 55.8 Å². The molecule has 2 atom stereocenters. The van der Waals surface area contributed by atoms with E-state index in [1.54, 1.807) is 7.11 Å². The Morgan fingerprint density at radius 1 is 1.07 bits per heavy atom. The number of sulfonamides is 1. The van der Waals surface area contributed by atoms with E-state index in [0.29, 0.717) is 26.1 Å². The lowest BCUT2D eigenvalue weighted by molar-refractivity contribution is 0.00637. The zero-order chi connectivity index (χ0) is 20.1. The molecule has 2 aromatic rings. The highest BCUT2D eigenvalue weighted by molar-refractivity contribution is 7.89. The molecule has 1 heterocycles. The molecule has 0 aliphatic carbocycles. The maximum Gasteiger partial charge on any atom is 0.243 e. The van der Waals surface area contributed by atoms with Crippen LogP contribution < -0.4 is 0 Å². The van der Waals surface area contributed by atoms with Crippen LogP contribution in [0.1, 0.15) is 12.0 Å². The van der Waals surface area contributed by atoms with Crippen LogP contribution in [0, 0.1) is 11.6 Å². The summed E-state index contributed by atoms with van der Waals surface area (Å²) in [5, 5.41) is 0. The van der Waals surface area contributed by atoms with E-state index in [1.165, 1.54) is 4.31 Å². The highest BCUT2D eigenvalue weighted by atomic mass is 32.2. The van der Waals surface area contributed by atoms with Gasteiger partial charge >= 0.3 is 0 Å². The average Bonchev–Trinajstić information content (AvgIpc) is 3.08. The zero-order valence-corrected chi connectivity index (χ0v) is 16.4. The molecule has 3 rings (SSSR count). The van der Waals surface area contributed by atoms with E-state index in [1.807, 2.05) is 30.3 Å². The molecule has 1 fully saturated rings. The molecule has 0 amide bonds. The summed E-state index contributed by atoms with van der Waals surface area (Å²) >= 11 is 0. The van der Waals surface area contributed by atoms with Crippen LogP contribution in [-0.4, -0.2) is 51.7 Å². The van der Waals surface area contributed by atoms with Gasteiger partial charge in [0, 0.05) is 13.7 Å². The predicted octanol–water partition coefficient (Wildman–Crippen LogP) is 3.00. The molecule has 0 saturated carbocycles. The van der Waals surface area contributed by atoms with Crippen molar-refractivity contribution in [2.45, 2.75) is 29.9 Å². The minimum atomic E-state index is -4.00. The molecule has 1 aliphatic heterocycles.